The highest BCUT2D eigenvalue weighted by Crippen LogP contribution is 2.13. The number of amides is 1. The third-order valence-corrected chi connectivity index (χ3v) is 4.57. The minimum Gasteiger partial charge on any atom is -0.325 e. The van der Waals surface area contributed by atoms with Crippen LogP contribution in [0.4, 0.5) is 5.69 Å². The van der Waals surface area contributed by atoms with Gasteiger partial charge in [0.2, 0.25) is 5.91 Å². The number of pyridine rings is 1. The molecule has 146 valence electrons. The van der Waals surface area contributed by atoms with Crippen LogP contribution in [0.5, 0.6) is 0 Å². The van der Waals surface area contributed by atoms with Gasteiger partial charge in [-0.05, 0) is 44.2 Å². The summed E-state index contributed by atoms with van der Waals surface area (Å²) in [5.41, 5.74) is 2.98. The van der Waals surface area contributed by atoms with Gasteiger partial charge >= 0.3 is 0 Å². The van der Waals surface area contributed by atoms with Gasteiger partial charge in [0.15, 0.2) is 5.82 Å². The van der Waals surface area contributed by atoms with E-state index >= 15 is 0 Å². The van der Waals surface area contributed by atoms with Crippen molar-refractivity contribution >= 4 is 22.5 Å². The van der Waals surface area contributed by atoms with Crippen molar-refractivity contribution in [2.75, 3.05) is 5.32 Å². The van der Waals surface area contributed by atoms with Crippen LogP contribution in [0.3, 0.4) is 0 Å². The predicted octanol–water partition coefficient (Wildman–Crippen LogP) is 2.62. The Balaban J connectivity index is 1.41. The van der Waals surface area contributed by atoms with E-state index in [4.69, 9.17) is 0 Å². The van der Waals surface area contributed by atoms with Gasteiger partial charge in [0, 0.05) is 18.7 Å². The molecule has 1 aromatic carbocycles. The number of carbonyl (C=O) groups is 1. The molecule has 0 spiro atoms. The minimum absolute atomic E-state index is 0.152. The average molecular weight is 388 g/mol. The molecule has 0 aliphatic heterocycles. The minimum atomic E-state index is -0.203. The van der Waals surface area contributed by atoms with Gasteiger partial charge in [-0.1, -0.05) is 12.1 Å². The van der Waals surface area contributed by atoms with Gasteiger partial charge in [0.25, 0.3) is 5.56 Å². The lowest BCUT2D eigenvalue weighted by Gasteiger charge is -2.08. The number of benzene rings is 1. The molecule has 0 bridgehead atoms. The van der Waals surface area contributed by atoms with Gasteiger partial charge < -0.3 is 5.32 Å². The fourth-order valence-corrected chi connectivity index (χ4v) is 3.16. The van der Waals surface area contributed by atoms with Crippen molar-refractivity contribution in [2.24, 2.45) is 0 Å². The van der Waals surface area contributed by atoms with Gasteiger partial charge in [0.1, 0.15) is 0 Å². The number of hydrogen-bond acceptors (Lipinski definition) is 5. The Hall–Kier alpha value is -3.81. The number of nitrogens with zero attached hydrogens (tertiary/aromatic N) is 5. The van der Waals surface area contributed by atoms with Gasteiger partial charge in [-0.2, -0.15) is 5.10 Å². The molecule has 29 heavy (non-hydrogen) atoms. The summed E-state index contributed by atoms with van der Waals surface area (Å²) in [6.07, 6.45) is 3.22. The smallest absolute Gasteiger partial charge is 0.261 e. The van der Waals surface area contributed by atoms with Crippen molar-refractivity contribution < 1.29 is 4.79 Å². The number of fused-ring (bicyclic) bond motifs is 1. The summed E-state index contributed by atoms with van der Waals surface area (Å²) in [7, 11) is 0. The van der Waals surface area contributed by atoms with Crippen molar-refractivity contribution in [3.05, 3.63) is 76.7 Å². The van der Waals surface area contributed by atoms with Crippen LogP contribution in [0.15, 0.2) is 59.8 Å². The topological polar surface area (TPSA) is 94.7 Å². The Morgan fingerprint density at radius 1 is 1.10 bits per heavy atom. The number of hydrogen-bond donors (Lipinski definition) is 1. The van der Waals surface area contributed by atoms with Crippen LogP contribution in [-0.2, 0) is 11.3 Å². The van der Waals surface area contributed by atoms with Crippen LogP contribution in [0.1, 0.15) is 17.8 Å². The third kappa shape index (κ3) is 3.91. The summed E-state index contributed by atoms with van der Waals surface area (Å²) in [6, 6.07) is 12.7. The molecule has 0 aliphatic carbocycles. The molecular formula is C21H20N6O2. The number of aryl methyl sites for hydroxylation is 3. The molecule has 0 saturated heterocycles. The highest BCUT2D eigenvalue weighted by Gasteiger charge is 2.08. The molecule has 1 amide bonds. The lowest BCUT2D eigenvalue weighted by atomic mass is 10.2. The fourth-order valence-electron chi connectivity index (χ4n) is 3.16. The molecule has 0 atom stereocenters. The number of para-hydroxylation sites is 1. The lowest BCUT2D eigenvalue weighted by Crippen LogP contribution is -2.23. The van der Waals surface area contributed by atoms with E-state index in [2.05, 4.69) is 20.4 Å². The first-order valence-corrected chi connectivity index (χ1v) is 9.25. The molecule has 0 saturated carbocycles. The second kappa shape index (κ2) is 7.67. The lowest BCUT2D eigenvalue weighted by molar-refractivity contribution is -0.116. The Kier molecular flexibility index (Phi) is 4.90. The monoisotopic (exact) mass is 388 g/mol. The van der Waals surface area contributed by atoms with Crippen LogP contribution in [0.2, 0.25) is 0 Å². The quantitative estimate of drug-likeness (QED) is 0.567. The number of carbonyl (C=O) groups excluding carboxylic acids is 1. The summed E-state index contributed by atoms with van der Waals surface area (Å²) in [6.45, 7) is 4.13. The number of rotatable bonds is 5. The van der Waals surface area contributed by atoms with E-state index in [-0.39, 0.29) is 24.4 Å². The van der Waals surface area contributed by atoms with Gasteiger partial charge in [-0.25, -0.2) is 14.6 Å². The molecule has 0 fully saturated rings. The van der Waals surface area contributed by atoms with E-state index in [0.717, 1.165) is 11.4 Å². The SMILES string of the molecule is Cc1cc(C)n(-c2ccc(NC(=O)CCn3cnc4ccccc4c3=O)cn2)n1. The summed E-state index contributed by atoms with van der Waals surface area (Å²) < 4.78 is 3.20. The largest absolute Gasteiger partial charge is 0.325 e. The van der Waals surface area contributed by atoms with Crippen molar-refractivity contribution in [1.29, 1.82) is 0 Å². The van der Waals surface area contributed by atoms with Gasteiger partial charge in [-0.3, -0.25) is 14.2 Å². The van der Waals surface area contributed by atoms with Crippen LogP contribution < -0.4 is 10.9 Å². The Bertz CT molecular complexity index is 1240. The first kappa shape index (κ1) is 18.5. The van der Waals surface area contributed by atoms with Gasteiger partial charge in [0.05, 0.1) is 34.8 Å². The van der Waals surface area contributed by atoms with Crippen LogP contribution in [0, 0.1) is 13.8 Å². The van der Waals surface area contributed by atoms with Crippen molar-refractivity contribution in [1.82, 2.24) is 24.3 Å². The predicted molar refractivity (Wildman–Crippen MR) is 110 cm³/mol. The number of nitrogens with one attached hydrogen (secondary N) is 1. The molecule has 4 rings (SSSR count). The second-order valence-corrected chi connectivity index (χ2v) is 6.80. The fraction of sp³-hybridized carbons (Fsp3) is 0.190. The van der Waals surface area contributed by atoms with E-state index < -0.39 is 0 Å². The van der Waals surface area contributed by atoms with E-state index in [1.54, 1.807) is 41.2 Å². The molecule has 3 aromatic heterocycles. The molecule has 0 aliphatic rings. The first-order chi connectivity index (χ1) is 14.0. The summed E-state index contributed by atoms with van der Waals surface area (Å²) >= 11 is 0. The Morgan fingerprint density at radius 2 is 1.93 bits per heavy atom. The zero-order valence-corrected chi connectivity index (χ0v) is 16.2. The molecule has 0 radical (unpaired) electrons. The van der Waals surface area contributed by atoms with Crippen molar-refractivity contribution in [2.45, 2.75) is 26.8 Å². The van der Waals surface area contributed by atoms with E-state index in [0.29, 0.717) is 22.4 Å². The zero-order chi connectivity index (χ0) is 20.4. The maximum atomic E-state index is 12.5. The molecule has 8 heteroatoms. The maximum Gasteiger partial charge on any atom is 0.261 e. The maximum absolute atomic E-state index is 12.5. The molecule has 3 heterocycles. The first-order valence-electron chi connectivity index (χ1n) is 9.25. The molecular weight excluding hydrogens is 368 g/mol. The summed E-state index contributed by atoms with van der Waals surface area (Å²) in [4.78, 5) is 33.4. The van der Waals surface area contributed by atoms with Crippen LogP contribution in [0.25, 0.3) is 16.7 Å². The van der Waals surface area contributed by atoms with Crippen LogP contribution >= 0.6 is 0 Å². The molecule has 1 N–H and O–H groups in total. The summed E-state index contributed by atoms with van der Waals surface area (Å²) in [5, 5.41) is 7.73. The van der Waals surface area contributed by atoms with E-state index in [1.807, 2.05) is 26.0 Å². The Morgan fingerprint density at radius 3 is 2.66 bits per heavy atom. The standard InChI is InChI=1S/C21H20N6O2/c1-14-11-15(2)27(25-14)19-8-7-16(12-22-19)24-20(28)9-10-26-13-23-18-6-4-3-5-17(18)21(26)29/h3-8,11-13H,9-10H2,1-2H3,(H,24,28). The Labute approximate surface area is 166 Å². The number of aromatic nitrogens is 5. The highest BCUT2D eigenvalue weighted by molar-refractivity contribution is 5.90. The van der Waals surface area contributed by atoms with Crippen molar-refractivity contribution in [3.63, 3.8) is 0 Å². The zero-order valence-electron chi connectivity index (χ0n) is 16.2. The summed E-state index contributed by atoms with van der Waals surface area (Å²) in [5.74, 6) is 0.480. The van der Waals surface area contributed by atoms with Crippen molar-refractivity contribution in [3.8, 4) is 5.82 Å². The van der Waals surface area contributed by atoms with Gasteiger partial charge in [-0.15, -0.1) is 0 Å². The third-order valence-electron chi connectivity index (χ3n) is 4.57. The normalized spacial score (nSPS) is 11.0. The molecule has 0 unspecified atom stereocenters. The van der Waals surface area contributed by atoms with Crippen LogP contribution in [-0.4, -0.2) is 30.2 Å². The molecule has 8 nitrogen and oxygen atoms in total. The van der Waals surface area contributed by atoms with E-state index in [9.17, 15) is 9.59 Å². The molecule has 4 aromatic rings. The number of anilines is 1. The highest BCUT2D eigenvalue weighted by atomic mass is 16.2. The van der Waals surface area contributed by atoms with E-state index in [1.165, 1.54) is 10.9 Å². The average Bonchev–Trinajstić information content (AvgIpc) is 3.06. The second-order valence-electron chi connectivity index (χ2n) is 6.80.